The maximum absolute atomic E-state index is 6.16. The van der Waals surface area contributed by atoms with Crippen LogP contribution < -0.4 is 5.32 Å². The maximum atomic E-state index is 6.16. The highest BCUT2D eigenvalue weighted by atomic mass is 35.5. The van der Waals surface area contributed by atoms with Crippen LogP contribution in [0.5, 0.6) is 0 Å². The second-order valence-corrected chi connectivity index (χ2v) is 6.29. The van der Waals surface area contributed by atoms with Crippen molar-refractivity contribution in [3.63, 3.8) is 0 Å². The van der Waals surface area contributed by atoms with Crippen LogP contribution in [0.1, 0.15) is 35.4 Å². The van der Waals surface area contributed by atoms with Crippen LogP contribution in [0, 0.1) is 13.8 Å². The van der Waals surface area contributed by atoms with Crippen molar-refractivity contribution >= 4 is 17.3 Å². The first kappa shape index (κ1) is 13.5. The fourth-order valence-electron chi connectivity index (χ4n) is 2.85. The molecule has 1 saturated carbocycles. The molecule has 0 saturated heterocycles. The number of rotatable bonds is 3. The van der Waals surface area contributed by atoms with Crippen molar-refractivity contribution in [1.82, 2.24) is 0 Å². The Labute approximate surface area is 126 Å². The Kier molecular flexibility index (Phi) is 3.71. The first-order chi connectivity index (χ1) is 9.61. The van der Waals surface area contributed by atoms with Crippen molar-refractivity contribution in [2.24, 2.45) is 0 Å². The standard InChI is InChI=1S/C18H20ClN/c1-12-4-3-5-14(8-12)15-9-17(10-15)20-16-7-6-13(2)18(19)11-16/h3-8,11,15,17,20H,9-10H2,1-2H3. The SMILES string of the molecule is Cc1cccc(C2CC(Nc3ccc(C)c(Cl)c3)C2)c1. The van der Waals surface area contributed by atoms with Gasteiger partial charge in [0.25, 0.3) is 0 Å². The lowest BCUT2D eigenvalue weighted by atomic mass is 9.75. The monoisotopic (exact) mass is 285 g/mol. The van der Waals surface area contributed by atoms with Gasteiger partial charge in [0, 0.05) is 16.8 Å². The minimum atomic E-state index is 0.569. The minimum Gasteiger partial charge on any atom is -0.382 e. The Morgan fingerprint density at radius 2 is 1.85 bits per heavy atom. The Morgan fingerprint density at radius 3 is 2.55 bits per heavy atom. The predicted molar refractivity (Wildman–Crippen MR) is 86.8 cm³/mol. The summed E-state index contributed by atoms with van der Waals surface area (Å²) in [6.07, 6.45) is 2.41. The summed E-state index contributed by atoms with van der Waals surface area (Å²) in [6.45, 7) is 4.19. The fourth-order valence-corrected chi connectivity index (χ4v) is 3.03. The van der Waals surface area contributed by atoms with Crippen LogP contribution in [0.3, 0.4) is 0 Å². The lowest BCUT2D eigenvalue weighted by Crippen LogP contribution is -2.34. The van der Waals surface area contributed by atoms with Crippen molar-refractivity contribution in [2.75, 3.05) is 5.32 Å². The first-order valence-corrected chi connectivity index (χ1v) is 7.59. The largest absolute Gasteiger partial charge is 0.382 e. The van der Waals surface area contributed by atoms with Crippen LogP contribution in [-0.2, 0) is 0 Å². The molecule has 1 aliphatic rings. The van der Waals surface area contributed by atoms with E-state index in [0.717, 1.165) is 16.3 Å². The summed E-state index contributed by atoms with van der Waals surface area (Å²) in [5.74, 6) is 0.702. The summed E-state index contributed by atoms with van der Waals surface area (Å²) in [5, 5.41) is 4.41. The lowest BCUT2D eigenvalue weighted by molar-refractivity contribution is 0.374. The zero-order chi connectivity index (χ0) is 14.1. The van der Waals surface area contributed by atoms with Gasteiger partial charge in [-0.2, -0.15) is 0 Å². The average molecular weight is 286 g/mol. The number of benzene rings is 2. The molecule has 0 heterocycles. The van der Waals surface area contributed by atoms with E-state index in [1.165, 1.54) is 24.0 Å². The van der Waals surface area contributed by atoms with E-state index in [2.05, 4.69) is 48.6 Å². The second kappa shape index (κ2) is 5.49. The van der Waals surface area contributed by atoms with Crippen molar-refractivity contribution < 1.29 is 0 Å². The quantitative estimate of drug-likeness (QED) is 0.805. The summed E-state index contributed by atoms with van der Waals surface area (Å²) in [5.41, 5.74) is 5.09. The zero-order valence-corrected chi connectivity index (χ0v) is 12.7. The van der Waals surface area contributed by atoms with E-state index < -0.39 is 0 Å². The van der Waals surface area contributed by atoms with Gasteiger partial charge in [-0.25, -0.2) is 0 Å². The van der Waals surface area contributed by atoms with Gasteiger partial charge in [-0.15, -0.1) is 0 Å². The summed E-state index contributed by atoms with van der Waals surface area (Å²) in [4.78, 5) is 0. The highest BCUT2D eigenvalue weighted by molar-refractivity contribution is 6.31. The van der Waals surface area contributed by atoms with E-state index in [-0.39, 0.29) is 0 Å². The van der Waals surface area contributed by atoms with Crippen molar-refractivity contribution in [2.45, 2.75) is 38.6 Å². The minimum absolute atomic E-state index is 0.569. The molecule has 1 fully saturated rings. The molecule has 20 heavy (non-hydrogen) atoms. The highest BCUT2D eigenvalue weighted by Crippen LogP contribution is 2.39. The number of anilines is 1. The van der Waals surface area contributed by atoms with Crippen molar-refractivity contribution in [3.05, 3.63) is 64.2 Å². The Morgan fingerprint density at radius 1 is 1.05 bits per heavy atom. The molecule has 0 aromatic heterocycles. The van der Waals surface area contributed by atoms with Gasteiger partial charge in [-0.05, 0) is 55.9 Å². The van der Waals surface area contributed by atoms with Crippen molar-refractivity contribution in [3.8, 4) is 0 Å². The third-order valence-corrected chi connectivity index (χ3v) is 4.60. The third kappa shape index (κ3) is 2.83. The first-order valence-electron chi connectivity index (χ1n) is 7.21. The number of nitrogens with one attached hydrogen (secondary N) is 1. The summed E-state index contributed by atoms with van der Waals surface area (Å²) < 4.78 is 0. The van der Waals surface area contributed by atoms with E-state index in [0.29, 0.717) is 12.0 Å². The van der Waals surface area contributed by atoms with Gasteiger partial charge in [0.2, 0.25) is 0 Å². The molecule has 1 nitrogen and oxygen atoms in total. The molecule has 2 heteroatoms. The predicted octanol–water partition coefficient (Wildman–Crippen LogP) is 5.31. The molecule has 0 aliphatic heterocycles. The van der Waals surface area contributed by atoms with Crippen LogP contribution in [0.2, 0.25) is 5.02 Å². The topological polar surface area (TPSA) is 12.0 Å². The molecular weight excluding hydrogens is 266 g/mol. The number of aryl methyl sites for hydroxylation is 2. The molecular formula is C18H20ClN. The molecule has 2 aromatic carbocycles. The average Bonchev–Trinajstić information content (AvgIpc) is 2.37. The molecule has 1 N–H and O–H groups in total. The summed E-state index contributed by atoms with van der Waals surface area (Å²) in [7, 11) is 0. The van der Waals surface area contributed by atoms with Gasteiger partial charge in [0.1, 0.15) is 0 Å². The molecule has 0 spiro atoms. The van der Waals surface area contributed by atoms with E-state index in [4.69, 9.17) is 11.6 Å². The van der Waals surface area contributed by atoms with Crippen LogP contribution in [0.25, 0.3) is 0 Å². The van der Waals surface area contributed by atoms with Gasteiger partial charge in [-0.3, -0.25) is 0 Å². The molecule has 1 aliphatic carbocycles. The molecule has 3 rings (SSSR count). The van der Waals surface area contributed by atoms with Gasteiger partial charge >= 0.3 is 0 Å². The van der Waals surface area contributed by atoms with Crippen molar-refractivity contribution in [1.29, 1.82) is 0 Å². The molecule has 104 valence electrons. The molecule has 0 unspecified atom stereocenters. The highest BCUT2D eigenvalue weighted by Gasteiger charge is 2.30. The van der Waals surface area contributed by atoms with E-state index in [1.54, 1.807) is 0 Å². The fraction of sp³-hybridized carbons (Fsp3) is 0.333. The molecule has 0 amide bonds. The third-order valence-electron chi connectivity index (χ3n) is 4.19. The number of hydrogen-bond donors (Lipinski definition) is 1. The van der Waals surface area contributed by atoms with Gasteiger partial charge in [-0.1, -0.05) is 47.5 Å². The van der Waals surface area contributed by atoms with Gasteiger partial charge in [0.15, 0.2) is 0 Å². The molecule has 0 radical (unpaired) electrons. The number of halogens is 1. The van der Waals surface area contributed by atoms with E-state index in [9.17, 15) is 0 Å². The summed E-state index contributed by atoms with van der Waals surface area (Å²) in [6, 6.07) is 15.6. The van der Waals surface area contributed by atoms with Crippen LogP contribution in [-0.4, -0.2) is 6.04 Å². The Bertz CT molecular complexity index is 615. The smallest absolute Gasteiger partial charge is 0.0455 e. The van der Waals surface area contributed by atoms with Crippen LogP contribution in [0.4, 0.5) is 5.69 Å². The molecule has 2 aromatic rings. The van der Waals surface area contributed by atoms with E-state index >= 15 is 0 Å². The van der Waals surface area contributed by atoms with Gasteiger partial charge < -0.3 is 5.32 Å². The maximum Gasteiger partial charge on any atom is 0.0455 e. The number of hydrogen-bond acceptors (Lipinski definition) is 1. The Balaban J connectivity index is 1.59. The Hall–Kier alpha value is -1.47. The molecule has 0 atom stereocenters. The lowest BCUT2D eigenvalue weighted by Gasteiger charge is -2.37. The molecule has 0 bridgehead atoms. The normalized spacial score (nSPS) is 21.4. The van der Waals surface area contributed by atoms with E-state index in [1.807, 2.05) is 13.0 Å². The van der Waals surface area contributed by atoms with Crippen LogP contribution >= 0.6 is 11.6 Å². The second-order valence-electron chi connectivity index (χ2n) is 5.89. The summed E-state index contributed by atoms with van der Waals surface area (Å²) >= 11 is 6.16. The van der Waals surface area contributed by atoms with Crippen LogP contribution in [0.15, 0.2) is 42.5 Å². The van der Waals surface area contributed by atoms with Gasteiger partial charge in [0.05, 0.1) is 0 Å². The zero-order valence-electron chi connectivity index (χ0n) is 12.0.